The van der Waals surface area contributed by atoms with Gasteiger partial charge >= 0.3 is 0 Å². The number of aryl methyl sites for hydroxylation is 1. The molecule has 1 rings (SSSR count). The Bertz CT molecular complexity index is 601. The minimum absolute atomic E-state index is 0.0763. The molecule has 0 aliphatic carbocycles. The maximum atomic E-state index is 11.7. The number of aromatic nitrogens is 2. The summed E-state index contributed by atoms with van der Waals surface area (Å²) in [6.07, 6.45) is 1.18. The van der Waals surface area contributed by atoms with Crippen LogP contribution in [0.3, 0.4) is 0 Å². The molecule has 7 nitrogen and oxygen atoms in total. The summed E-state index contributed by atoms with van der Waals surface area (Å²) >= 11 is 0. The van der Waals surface area contributed by atoms with Crippen molar-refractivity contribution in [3.63, 3.8) is 0 Å². The number of nitriles is 1. The van der Waals surface area contributed by atoms with E-state index < -0.39 is 9.84 Å². The highest BCUT2D eigenvalue weighted by atomic mass is 32.2. The Hall–Kier alpha value is -2.01. The maximum absolute atomic E-state index is 11.7. The zero-order valence-electron chi connectivity index (χ0n) is 9.25. The van der Waals surface area contributed by atoms with Crippen LogP contribution in [0.2, 0.25) is 0 Å². The van der Waals surface area contributed by atoms with Gasteiger partial charge in [0.05, 0.1) is 17.6 Å². The molecule has 0 bridgehead atoms. The molecule has 0 aromatic carbocycles. The van der Waals surface area contributed by atoms with E-state index in [1.807, 2.05) is 0 Å². The third-order valence-electron chi connectivity index (χ3n) is 2.04. The van der Waals surface area contributed by atoms with Crippen molar-refractivity contribution in [2.24, 2.45) is 5.16 Å². The third-order valence-corrected chi connectivity index (χ3v) is 3.77. The van der Waals surface area contributed by atoms with Crippen LogP contribution >= 0.6 is 0 Å². The standard InChI is InChI=1S/C9H10N4O3S/c1-3-17(15,16)9-6(2)11-5-8(12-9)7(4-10)13-14/h5,14H,3H2,1-2H3/b13-7+. The lowest BCUT2D eigenvalue weighted by Gasteiger charge is -2.05. The summed E-state index contributed by atoms with van der Waals surface area (Å²) in [7, 11) is -3.52. The average Bonchev–Trinajstić information content (AvgIpc) is 2.32. The van der Waals surface area contributed by atoms with Crippen LogP contribution < -0.4 is 0 Å². The first-order valence-electron chi connectivity index (χ1n) is 4.65. The highest BCUT2D eigenvalue weighted by molar-refractivity contribution is 7.91. The first kappa shape index (κ1) is 13.1. The van der Waals surface area contributed by atoms with Gasteiger partial charge in [-0.25, -0.2) is 13.4 Å². The summed E-state index contributed by atoms with van der Waals surface area (Å²) < 4.78 is 23.4. The first-order valence-corrected chi connectivity index (χ1v) is 6.30. The topological polar surface area (TPSA) is 116 Å². The van der Waals surface area contributed by atoms with Crippen LogP contribution in [0.5, 0.6) is 0 Å². The monoisotopic (exact) mass is 254 g/mol. The van der Waals surface area contributed by atoms with Gasteiger partial charge in [-0.1, -0.05) is 12.1 Å². The van der Waals surface area contributed by atoms with Crippen LogP contribution in [0.25, 0.3) is 0 Å². The molecule has 17 heavy (non-hydrogen) atoms. The molecule has 0 saturated carbocycles. The average molecular weight is 254 g/mol. The predicted molar refractivity (Wildman–Crippen MR) is 58.4 cm³/mol. The van der Waals surface area contributed by atoms with Crippen LogP contribution in [0.1, 0.15) is 18.3 Å². The van der Waals surface area contributed by atoms with Crippen LogP contribution in [0.4, 0.5) is 0 Å². The van der Waals surface area contributed by atoms with E-state index >= 15 is 0 Å². The van der Waals surface area contributed by atoms with Crippen LogP contribution in [-0.2, 0) is 9.84 Å². The van der Waals surface area contributed by atoms with Gasteiger partial charge in [0.25, 0.3) is 0 Å². The number of hydrogen-bond donors (Lipinski definition) is 1. The molecule has 0 unspecified atom stereocenters. The van der Waals surface area contributed by atoms with Gasteiger partial charge < -0.3 is 5.21 Å². The lowest BCUT2D eigenvalue weighted by Crippen LogP contribution is -2.13. The quantitative estimate of drug-likeness (QED) is 0.470. The normalized spacial score (nSPS) is 12.2. The zero-order valence-corrected chi connectivity index (χ0v) is 10.1. The summed E-state index contributed by atoms with van der Waals surface area (Å²) in [6.45, 7) is 2.98. The molecule has 90 valence electrons. The molecule has 0 saturated heterocycles. The molecule has 0 fully saturated rings. The van der Waals surface area contributed by atoms with Crippen molar-refractivity contribution in [2.75, 3.05) is 5.75 Å². The minimum Gasteiger partial charge on any atom is -0.410 e. The molecule has 0 amide bonds. The predicted octanol–water partition coefficient (Wildman–Crippen LogP) is 0.281. The largest absolute Gasteiger partial charge is 0.410 e. The summed E-state index contributed by atoms with van der Waals surface area (Å²) in [5, 5.41) is 19.7. The first-order chi connectivity index (χ1) is 7.96. The smallest absolute Gasteiger partial charge is 0.206 e. The molecule has 0 aliphatic rings. The van der Waals surface area contributed by atoms with E-state index in [4.69, 9.17) is 10.5 Å². The SMILES string of the molecule is CCS(=O)(=O)c1nc(/C(C#N)=N/O)cnc1C. The number of oxime groups is 1. The van der Waals surface area contributed by atoms with Crippen molar-refractivity contribution in [3.8, 4) is 6.07 Å². The van der Waals surface area contributed by atoms with Crippen LogP contribution in [-0.4, -0.2) is 35.1 Å². The molecule has 1 N–H and O–H groups in total. The molecule has 0 aliphatic heterocycles. The molecule has 0 radical (unpaired) electrons. The summed E-state index contributed by atoms with van der Waals surface area (Å²) in [5.41, 5.74) is -0.219. The van der Waals surface area contributed by atoms with E-state index in [0.717, 1.165) is 0 Å². The fraction of sp³-hybridized carbons (Fsp3) is 0.333. The molecule has 1 aromatic rings. The Morgan fingerprint density at radius 2 is 2.29 bits per heavy atom. The van der Waals surface area contributed by atoms with Gasteiger partial charge in [-0.15, -0.1) is 0 Å². The fourth-order valence-corrected chi connectivity index (χ4v) is 2.12. The van der Waals surface area contributed by atoms with Crippen molar-refractivity contribution >= 4 is 15.5 Å². The molecular formula is C9H10N4O3S. The van der Waals surface area contributed by atoms with Gasteiger partial charge in [-0.05, 0) is 6.92 Å². The van der Waals surface area contributed by atoms with Gasteiger partial charge in [0, 0.05) is 0 Å². The Balaban J connectivity index is 3.46. The molecular weight excluding hydrogens is 244 g/mol. The van der Waals surface area contributed by atoms with E-state index in [1.165, 1.54) is 20.0 Å². The molecule has 0 spiro atoms. The van der Waals surface area contributed by atoms with Gasteiger partial charge in [0.15, 0.2) is 14.9 Å². The van der Waals surface area contributed by atoms with Crippen molar-refractivity contribution in [1.29, 1.82) is 5.26 Å². The van der Waals surface area contributed by atoms with Crippen molar-refractivity contribution in [1.82, 2.24) is 9.97 Å². The van der Waals surface area contributed by atoms with Crippen molar-refractivity contribution < 1.29 is 13.6 Å². The highest BCUT2D eigenvalue weighted by Crippen LogP contribution is 2.12. The van der Waals surface area contributed by atoms with Gasteiger partial charge in [-0.3, -0.25) is 4.98 Å². The number of nitrogens with zero attached hydrogens (tertiary/aromatic N) is 4. The number of hydrogen-bond acceptors (Lipinski definition) is 7. The summed E-state index contributed by atoms with van der Waals surface area (Å²) in [4.78, 5) is 7.62. The van der Waals surface area contributed by atoms with Gasteiger partial charge in [0.2, 0.25) is 5.71 Å². The second-order valence-electron chi connectivity index (χ2n) is 3.11. The third kappa shape index (κ3) is 2.57. The molecule has 0 atom stereocenters. The zero-order chi connectivity index (χ0) is 13.1. The van der Waals surface area contributed by atoms with E-state index in [2.05, 4.69) is 15.1 Å². The second kappa shape index (κ2) is 4.88. The Morgan fingerprint density at radius 3 is 2.76 bits per heavy atom. The molecule has 8 heteroatoms. The van der Waals surface area contributed by atoms with E-state index in [0.29, 0.717) is 0 Å². The fourth-order valence-electron chi connectivity index (χ4n) is 1.11. The van der Waals surface area contributed by atoms with E-state index in [9.17, 15) is 8.42 Å². The Morgan fingerprint density at radius 1 is 1.65 bits per heavy atom. The number of rotatable bonds is 3. The lowest BCUT2D eigenvalue weighted by atomic mass is 10.3. The van der Waals surface area contributed by atoms with E-state index in [-0.39, 0.29) is 27.9 Å². The van der Waals surface area contributed by atoms with Crippen molar-refractivity contribution in [3.05, 3.63) is 17.6 Å². The highest BCUT2D eigenvalue weighted by Gasteiger charge is 2.19. The summed E-state index contributed by atoms with van der Waals surface area (Å²) in [5.74, 6) is -0.121. The molecule has 1 aromatic heterocycles. The Labute approximate surface area is 98.4 Å². The minimum atomic E-state index is -3.52. The van der Waals surface area contributed by atoms with Crippen molar-refractivity contribution in [2.45, 2.75) is 18.9 Å². The van der Waals surface area contributed by atoms with E-state index in [1.54, 1.807) is 6.07 Å². The van der Waals surface area contributed by atoms with Gasteiger partial charge in [0.1, 0.15) is 11.8 Å². The number of sulfone groups is 1. The second-order valence-corrected chi connectivity index (χ2v) is 5.30. The lowest BCUT2D eigenvalue weighted by molar-refractivity contribution is 0.320. The summed E-state index contributed by atoms with van der Waals surface area (Å²) in [6, 6.07) is 1.59. The molecule has 1 heterocycles. The van der Waals surface area contributed by atoms with Crippen LogP contribution in [0.15, 0.2) is 16.4 Å². The van der Waals surface area contributed by atoms with Gasteiger partial charge in [-0.2, -0.15) is 5.26 Å². The maximum Gasteiger partial charge on any atom is 0.206 e. The van der Waals surface area contributed by atoms with Crippen LogP contribution in [0, 0.1) is 18.3 Å². The Kier molecular flexibility index (Phi) is 3.75.